The van der Waals surface area contributed by atoms with Crippen LogP contribution in [0.1, 0.15) is 29.8 Å². The molecule has 0 aromatic heterocycles. The van der Waals surface area contributed by atoms with Gasteiger partial charge in [-0.2, -0.15) is 0 Å². The lowest BCUT2D eigenvalue weighted by Gasteiger charge is -2.18. The molecule has 1 aliphatic heterocycles. The van der Waals surface area contributed by atoms with Gasteiger partial charge < -0.3 is 18.9 Å². The van der Waals surface area contributed by atoms with Gasteiger partial charge >= 0.3 is 5.97 Å². The Hall–Kier alpha value is -3.28. The van der Waals surface area contributed by atoms with Gasteiger partial charge in [0.15, 0.2) is 17.6 Å². The van der Waals surface area contributed by atoms with Crippen LogP contribution in [-0.2, 0) is 9.53 Å². The van der Waals surface area contributed by atoms with Crippen LogP contribution in [0.5, 0.6) is 17.2 Å². The van der Waals surface area contributed by atoms with E-state index < -0.39 is 12.1 Å². The fourth-order valence-electron chi connectivity index (χ4n) is 2.71. The van der Waals surface area contributed by atoms with Gasteiger partial charge in [0.25, 0.3) is 0 Å². The van der Waals surface area contributed by atoms with Crippen molar-refractivity contribution in [3.05, 3.63) is 59.7 Å². The van der Waals surface area contributed by atoms with Gasteiger partial charge in [0, 0.05) is 11.6 Å². The molecule has 6 nitrogen and oxygen atoms in total. The molecule has 0 amide bonds. The lowest BCUT2D eigenvalue weighted by atomic mass is 10.1. The van der Waals surface area contributed by atoms with E-state index in [1.165, 1.54) is 6.08 Å². The molecule has 0 saturated heterocycles. The molecule has 1 heterocycles. The van der Waals surface area contributed by atoms with Gasteiger partial charge in [0.2, 0.25) is 5.78 Å². The number of carbonyl (C=O) groups excluding carboxylic acids is 2. The molecule has 0 fully saturated rings. The summed E-state index contributed by atoms with van der Waals surface area (Å²) in [6.07, 6.45) is 2.00. The summed E-state index contributed by atoms with van der Waals surface area (Å²) < 4.78 is 21.5. The number of esters is 1. The first-order chi connectivity index (χ1) is 13.6. The lowest BCUT2D eigenvalue weighted by molar-refractivity contribution is -0.140. The van der Waals surface area contributed by atoms with Crippen molar-refractivity contribution in [1.29, 1.82) is 0 Å². The molecule has 2 aromatic rings. The predicted octanol–water partition coefficient (Wildman–Crippen LogP) is 3.68. The second-order valence-electron chi connectivity index (χ2n) is 6.14. The van der Waals surface area contributed by atoms with Crippen LogP contribution in [0.25, 0.3) is 6.08 Å². The summed E-state index contributed by atoms with van der Waals surface area (Å²) in [4.78, 5) is 24.5. The van der Waals surface area contributed by atoms with Crippen molar-refractivity contribution in [2.45, 2.75) is 20.0 Å². The zero-order valence-electron chi connectivity index (χ0n) is 15.8. The first kappa shape index (κ1) is 19.5. The van der Waals surface area contributed by atoms with Crippen LogP contribution >= 0.6 is 0 Å². The standard InChI is InChI=1S/C22H22O6/c1-3-25-18-8-6-17(7-9-18)22(24)15(2)28-21(23)11-5-16-4-10-19-20(14-16)27-13-12-26-19/h4-11,14-15H,3,12-13H2,1-2H3/b11-5+/t15-/m1/s1. The maximum atomic E-state index is 12.4. The molecule has 2 aromatic carbocycles. The third-order valence-electron chi connectivity index (χ3n) is 4.09. The highest BCUT2D eigenvalue weighted by Gasteiger charge is 2.18. The Bertz CT molecular complexity index is 869. The van der Waals surface area contributed by atoms with Crippen LogP contribution in [0.2, 0.25) is 0 Å². The Morgan fingerprint density at radius 3 is 2.50 bits per heavy atom. The summed E-state index contributed by atoms with van der Waals surface area (Å²) in [6, 6.07) is 12.1. The number of fused-ring (bicyclic) bond motifs is 1. The van der Waals surface area contributed by atoms with E-state index in [1.807, 2.05) is 13.0 Å². The fourth-order valence-corrected chi connectivity index (χ4v) is 2.71. The molecule has 6 heteroatoms. The summed E-state index contributed by atoms with van der Waals surface area (Å²) in [7, 11) is 0. The van der Waals surface area contributed by atoms with E-state index in [9.17, 15) is 9.59 Å². The molecule has 0 spiro atoms. The SMILES string of the molecule is CCOc1ccc(C(=O)[C@@H](C)OC(=O)/C=C/c2ccc3c(c2)OCCO3)cc1. The number of carbonyl (C=O) groups is 2. The van der Waals surface area contributed by atoms with Gasteiger partial charge in [-0.15, -0.1) is 0 Å². The Morgan fingerprint density at radius 1 is 1.07 bits per heavy atom. The maximum absolute atomic E-state index is 12.4. The number of rotatable bonds is 7. The number of hydrogen-bond donors (Lipinski definition) is 0. The van der Waals surface area contributed by atoms with Crippen molar-refractivity contribution in [2.24, 2.45) is 0 Å². The van der Waals surface area contributed by atoms with Gasteiger partial charge in [0.1, 0.15) is 19.0 Å². The van der Waals surface area contributed by atoms with Crippen LogP contribution in [0, 0.1) is 0 Å². The number of hydrogen-bond acceptors (Lipinski definition) is 6. The Balaban J connectivity index is 1.57. The summed E-state index contributed by atoms with van der Waals surface area (Å²) in [6.45, 7) is 5.01. The van der Waals surface area contributed by atoms with E-state index in [0.29, 0.717) is 42.6 Å². The van der Waals surface area contributed by atoms with Gasteiger partial charge in [-0.3, -0.25) is 4.79 Å². The Labute approximate surface area is 163 Å². The highest BCUT2D eigenvalue weighted by Crippen LogP contribution is 2.31. The quantitative estimate of drug-likeness (QED) is 0.413. The molecular weight excluding hydrogens is 360 g/mol. The summed E-state index contributed by atoms with van der Waals surface area (Å²) in [5.74, 6) is 1.14. The largest absolute Gasteiger partial charge is 0.494 e. The van der Waals surface area contributed by atoms with Crippen LogP contribution in [0.15, 0.2) is 48.5 Å². The minimum atomic E-state index is -0.893. The first-order valence-electron chi connectivity index (χ1n) is 9.12. The van der Waals surface area contributed by atoms with Crippen molar-refractivity contribution < 1.29 is 28.5 Å². The predicted molar refractivity (Wildman–Crippen MR) is 104 cm³/mol. The second-order valence-corrected chi connectivity index (χ2v) is 6.14. The second kappa shape index (κ2) is 9.08. The number of Topliss-reactive ketones (excluding diaryl/α,β-unsaturated/α-hetero) is 1. The minimum Gasteiger partial charge on any atom is -0.494 e. The monoisotopic (exact) mass is 382 g/mol. The molecular formula is C22H22O6. The third-order valence-corrected chi connectivity index (χ3v) is 4.09. The molecule has 3 rings (SSSR count). The maximum Gasteiger partial charge on any atom is 0.331 e. The van der Waals surface area contributed by atoms with Crippen LogP contribution in [-0.4, -0.2) is 37.7 Å². The number of benzene rings is 2. The fraction of sp³-hybridized carbons (Fsp3) is 0.273. The molecule has 1 aliphatic rings. The normalized spacial score (nSPS) is 13.8. The minimum absolute atomic E-state index is 0.274. The first-order valence-corrected chi connectivity index (χ1v) is 9.12. The van der Waals surface area contributed by atoms with Crippen molar-refractivity contribution in [3.63, 3.8) is 0 Å². The topological polar surface area (TPSA) is 71.1 Å². The van der Waals surface area contributed by atoms with E-state index in [1.54, 1.807) is 49.4 Å². The van der Waals surface area contributed by atoms with E-state index in [-0.39, 0.29) is 5.78 Å². The Morgan fingerprint density at radius 2 is 1.79 bits per heavy atom. The molecule has 0 radical (unpaired) electrons. The zero-order chi connectivity index (χ0) is 19.9. The summed E-state index contributed by atoms with van der Waals surface area (Å²) >= 11 is 0. The average Bonchev–Trinajstić information content (AvgIpc) is 2.72. The third kappa shape index (κ3) is 4.91. The van der Waals surface area contributed by atoms with Crippen LogP contribution < -0.4 is 14.2 Å². The highest BCUT2D eigenvalue weighted by molar-refractivity contribution is 6.01. The van der Waals surface area contributed by atoms with E-state index in [0.717, 1.165) is 5.56 Å². The van der Waals surface area contributed by atoms with E-state index in [4.69, 9.17) is 18.9 Å². The molecule has 0 N–H and O–H groups in total. The lowest BCUT2D eigenvalue weighted by Crippen LogP contribution is -2.23. The summed E-state index contributed by atoms with van der Waals surface area (Å²) in [5, 5.41) is 0. The zero-order valence-corrected chi connectivity index (χ0v) is 15.8. The van der Waals surface area contributed by atoms with Gasteiger partial charge in [0.05, 0.1) is 6.61 Å². The molecule has 0 bridgehead atoms. The molecule has 0 unspecified atom stereocenters. The van der Waals surface area contributed by atoms with Crippen LogP contribution in [0.4, 0.5) is 0 Å². The molecule has 0 saturated carbocycles. The van der Waals surface area contributed by atoms with Gasteiger partial charge in [-0.25, -0.2) is 4.79 Å². The smallest absolute Gasteiger partial charge is 0.331 e. The molecule has 0 aliphatic carbocycles. The average molecular weight is 382 g/mol. The Kier molecular flexibility index (Phi) is 6.32. The van der Waals surface area contributed by atoms with Gasteiger partial charge in [-0.1, -0.05) is 6.07 Å². The summed E-state index contributed by atoms with van der Waals surface area (Å²) in [5.41, 5.74) is 1.23. The van der Waals surface area contributed by atoms with Gasteiger partial charge in [-0.05, 0) is 61.9 Å². The van der Waals surface area contributed by atoms with Crippen molar-refractivity contribution in [1.82, 2.24) is 0 Å². The van der Waals surface area contributed by atoms with Crippen molar-refractivity contribution in [2.75, 3.05) is 19.8 Å². The van der Waals surface area contributed by atoms with E-state index >= 15 is 0 Å². The van der Waals surface area contributed by atoms with E-state index in [2.05, 4.69) is 0 Å². The molecule has 1 atom stereocenters. The van der Waals surface area contributed by atoms with Crippen LogP contribution in [0.3, 0.4) is 0 Å². The molecule has 146 valence electrons. The number of ketones is 1. The highest BCUT2D eigenvalue weighted by atomic mass is 16.6. The van der Waals surface area contributed by atoms with Crippen molar-refractivity contribution >= 4 is 17.8 Å². The molecule has 28 heavy (non-hydrogen) atoms. The van der Waals surface area contributed by atoms with Crippen molar-refractivity contribution in [3.8, 4) is 17.2 Å². The number of ether oxygens (including phenoxy) is 4.